The predicted molar refractivity (Wildman–Crippen MR) is 87.1 cm³/mol. The first-order chi connectivity index (χ1) is 10.6. The number of likely N-dealkylation sites (N-methyl/N-ethyl adjacent to an activating group) is 1. The molecule has 1 fully saturated rings. The lowest BCUT2D eigenvalue weighted by atomic mass is 9.83. The van der Waals surface area contributed by atoms with Crippen molar-refractivity contribution in [3.63, 3.8) is 0 Å². The number of pyridine rings is 1. The summed E-state index contributed by atoms with van der Waals surface area (Å²) < 4.78 is 0. The number of hydrogen-bond acceptors (Lipinski definition) is 3. The van der Waals surface area contributed by atoms with Gasteiger partial charge in [-0.1, -0.05) is 11.6 Å². The van der Waals surface area contributed by atoms with Crippen molar-refractivity contribution in [2.75, 3.05) is 26.7 Å². The van der Waals surface area contributed by atoms with Crippen LogP contribution in [-0.2, 0) is 11.3 Å². The number of aromatic nitrogens is 1. The minimum absolute atomic E-state index is 0.267. The third-order valence-corrected chi connectivity index (χ3v) is 4.89. The second-order valence-electron chi connectivity index (χ2n) is 6.84. The SMILES string of the molecule is CC1=CC[C@@H]2CN(C(=O)CN(C)Cc3ccncc3)C[C@@H]2C1. The maximum Gasteiger partial charge on any atom is 0.236 e. The summed E-state index contributed by atoms with van der Waals surface area (Å²) in [6, 6.07) is 4.00. The van der Waals surface area contributed by atoms with Crippen molar-refractivity contribution in [3.8, 4) is 0 Å². The Morgan fingerprint density at radius 3 is 2.82 bits per heavy atom. The molecule has 0 saturated carbocycles. The Kier molecular flexibility index (Phi) is 4.57. The topological polar surface area (TPSA) is 36.4 Å². The van der Waals surface area contributed by atoms with Gasteiger partial charge in [0.1, 0.15) is 0 Å². The molecule has 1 aromatic heterocycles. The van der Waals surface area contributed by atoms with Crippen LogP contribution < -0.4 is 0 Å². The van der Waals surface area contributed by atoms with Crippen LogP contribution in [0.25, 0.3) is 0 Å². The van der Waals surface area contributed by atoms with Crippen LogP contribution in [0.2, 0.25) is 0 Å². The van der Waals surface area contributed by atoms with Gasteiger partial charge in [-0.2, -0.15) is 0 Å². The van der Waals surface area contributed by atoms with Crippen LogP contribution in [-0.4, -0.2) is 47.4 Å². The van der Waals surface area contributed by atoms with Gasteiger partial charge in [-0.05, 0) is 56.3 Å². The van der Waals surface area contributed by atoms with Crippen LogP contribution >= 0.6 is 0 Å². The molecule has 0 aromatic carbocycles. The molecule has 1 amide bonds. The Morgan fingerprint density at radius 2 is 2.05 bits per heavy atom. The van der Waals surface area contributed by atoms with Gasteiger partial charge in [0.25, 0.3) is 0 Å². The molecule has 3 rings (SSSR count). The largest absolute Gasteiger partial charge is 0.341 e. The third-order valence-electron chi connectivity index (χ3n) is 4.89. The first-order valence-electron chi connectivity index (χ1n) is 8.12. The molecule has 118 valence electrons. The smallest absolute Gasteiger partial charge is 0.236 e. The predicted octanol–water partition coefficient (Wildman–Crippen LogP) is 2.33. The minimum atomic E-state index is 0.267. The fourth-order valence-electron chi connectivity index (χ4n) is 3.68. The molecule has 2 atom stereocenters. The molecule has 2 heterocycles. The molecule has 0 bridgehead atoms. The van der Waals surface area contributed by atoms with Gasteiger partial charge in [0.05, 0.1) is 6.54 Å². The number of likely N-dealkylation sites (tertiary alicyclic amines) is 1. The summed E-state index contributed by atoms with van der Waals surface area (Å²) in [5, 5.41) is 0. The normalized spacial score (nSPS) is 24.3. The Hall–Kier alpha value is -1.68. The van der Waals surface area contributed by atoms with E-state index in [0.29, 0.717) is 18.4 Å². The summed E-state index contributed by atoms with van der Waals surface area (Å²) in [5.41, 5.74) is 2.69. The number of hydrogen-bond donors (Lipinski definition) is 0. The van der Waals surface area contributed by atoms with Gasteiger partial charge >= 0.3 is 0 Å². The third kappa shape index (κ3) is 3.55. The van der Waals surface area contributed by atoms with Crippen LogP contribution in [0, 0.1) is 11.8 Å². The molecular formula is C18H25N3O. The summed E-state index contributed by atoms with van der Waals surface area (Å²) in [5.74, 6) is 1.63. The van der Waals surface area contributed by atoms with Crippen molar-refractivity contribution in [2.45, 2.75) is 26.3 Å². The van der Waals surface area contributed by atoms with E-state index in [0.717, 1.165) is 26.1 Å². The zero-order chi connectivity index (χ0) is 15.5. The summed E-state index contributed by atoms with van der Waals surface area (Å²) in [7, 11) is 2.01. The van der Waals surface area contributed by atoms with E-state index in [2.05, 4.69) is 27.8 Å². The van der Waals surface area contributed by atoms with Gasteiger partial charge in [-0.25, -0.2) is 0 Å². The molecule has 0 N–H and O–H groups in total. The Morgan fingerprint density at radius 1 is 1.32 bits per heavy atom. The van der Waals surface area contributed by atoms with E-state index >= 15 is 0 Å². The molecule has 2 aliphatic rings. The summed E-state index contributed by atoms with van der Waals surface area (Å²) in [6.45, 7) is 5.38. The Labute approximate surface area is 132 Å². The molecule has 1 aliphatic carbocycles. The summed E-state index contributed by atoms with van der Waals surface area (Å²) >= 11 is 0. The first-order valence-corrected chi connectivity index (χ1v) is 8.12. The van der Waals surface area contributed by atoms with Crippen molar-refractivity contribution in [1.82, 2.24) is 14.8 Å². The number of fused-ring (bicyclic) bond motifs is 1. The van der Waals surface area contributed by atoms with E-state index in [4.69, 9.17) is 0 Å². The molecule has 1 aliphatic heterocycles. The number of allylic oxidation sites excluding steroid dienone is 2. The molecule has 4 nitrogen and oxygen atoms in total. The van der Waals surface area contributed by atoms with Gasteiger partial charge in [0.15, 0.2) is 0 Å². The highest BCUT2D eigenvalue weighted by Crippen LogP contribution is 2.35. The molecule has 0 spiro atoms. The molecule has 4 heteroatoms. The van der Waals surface area contributed by atoms with Gasteiger partial charge in [-0.15, -0.1) is 0 Å². The number of amides is 1. The first kappa shape index (κ1) is 15.2. The maximum atomic E-state index is 12.5. The van der Waals surface area contributed by atoms with E-state index < -0.39 is 0 Å². The average Bonchev–Trinajstić information content (AvgIpc) is 2.91. The van der Waals surface area contributed by atoms with Gasteiger partial charge < -0.3 is 4.90 Å². The van der Waals surface area contributed by atoms with E-state index in [9.17, 15) is 4.79 Å². The van der Waals surface area contributed by atoms with Gasteiger partial charge in [0.2, 0.25) is 5.91 Å². The van der Waals surface area contributed by atoms with Crippen molar-refractivity contribution in [3.05, 3.63) is 41.7 Å². The molecule has 1 aromatic rings. The fraction of sp³-hybridized carbons (Fsp3) is 0.556. The van der Waals surface area contributed by atoms with E-state index in [1.54, 1.807) is 12.4 Å². The van der Waals surface area contributed by atoms with Crippen LogP contribution in [0.3, 0.4) is 0 Å². The zero-order valence-corrected chi connectivity index (χ0v) is 13.5. The molecule has 1 saturated heterocycles. The Bertz CT molecular complexity index is 555. The standard InChI is InChI=1S/C18H25N3O/c1-14-3-4-16-11-21(12-17(16)9-14)18(22)13-20(2)10-15-5-7-19-8-6-15/h3,5-8,16-17H,4,9-13H2,1-2H3/t16-,17+/m1/s1. The quantitative estimate of drug-likeness (QED) is 0.801. The van der Waals surface area contributed by atoms with Crippen molar-refractivity contribution < 1.29 is 4.79 Å². The second-order valence-corrected chi connectivity index (χ2v) is 6.84. The highest BCUT2D eigenvalue weighted by molar-refractivity contribution is 5.78. The van der Waals surface area contributed by atoms with Crippen LogP contribution in [0.5, 0.6) is 0 Å². The number of nitrogens with zero attached hydrogens (tertiary/aromatic N) is 3. The highest BCUT2D eigenvalue weighted by Gasteiger charge is 2.36. The van der Waals surface area contributed by atoms with Crippen LogP contribution in [0.4, 0.5) is 0 Å². The number of rotatable bonds is 4. The fourth-order valence-corrected chi connectivity index (χ4v) is 3.68. The zero-order valence-electron chi connectivity index (χ0n) is 13.5. The molecular weight excluding hydrogens is 274 g/mol. The lowest BCUT2D eigenvalue weighted by Crippen LogP contribution is -2.37. The van der Waals surface area contributed by atoms with Crippen LogP contribution in [0.15, 0.2) is 36.2 Å². The Balaban J connectivity index is 1.50. The van der Waals surface area contributed by atoms with Crippen molar-refractivity contribution in [1.29, 1.82) is 0 Å². The van der Waals surface area contributed by atoms with Crippen molar-refractivity contribution in [2.24, 2.45) is 11.8 Å². The number of carbonyl (C=O) groups is 1. The average molecular weight is 299 g/mol. The second kappa shape index (κ2) is 6.61. The summed E-state index contributed by atoms with van der Waals surface area (Å²) in [6.07, 6.45) is 8.26. The number of carbonyl (C=O) groups excluding carboxylic acids is 1. The lowest BCUT2D eigenvalue weighted by molar-refractivity contribution is -0.131. The molecule has 22 heavy (non-hydrogen) atoms. The monoisotopic (exact) mass is 299 g/mol. The van der Waals surface area contributed by atoms with Gasteiger partial charge in [0, 0.05) is 32.0 Å². The van der Waals surface area contributed by atoms with E-state index in [-0.39, 0.29) is 5.91 Å². The maximum absolute atomic E-state index is 12.5. The molecule has 0 unspecified atom stereocenters. The van der Waals surface area contributed by atoms with E-state index in [1.807, 2.05) is 19.2 Å². The van der Waals surface area contributed by atoms with Gasteiger partial charge in [-0.3, -0.25) is 14.7 Å². The lowest BCUT2D eigenvalue weighted by Gasteiger charge is -2.22. The van der Waals surface area contributed by atoms with E-state index in [1.165, 1.54) is 17.6 Å². The highest BCUT2D eigenvalue weighted by atomic mass is 16.2. The molecule has 0 radical (unpaired) electrons. The van der Waals surface area contributed by atoms with Crippen molar-refractivity contribution >= 4 is 5.91 Å². The van der Waals surface area contributed by atoms with Crippen LogP contribution in [0.1, 0.15) is 25.3 Å². The minimum Gasteiger partial charge on any atom is -0.341 e. The summed E-state index contributed by atoms with van der Waals surface area (Å²) in [4.78, 5) is 20.7.